The first-order chi connectivity index (χ1) is 14.0. The minimum Gasteiger partial charge on any atom is -0.482 e. The van der Waals surface area contributed by atoms with Crippen LogP contribution in [0.3, 0.4) is 0 Å². The summed E-state index contributed by atoms with van der Waals surface area (Å²) in [5, 5.41) is 12.2. The average molecular weight is 388 g/mol. The van der Waals surface area contributed by atoms with Gasteiger partial charge in [-0.15, -0.1) is 0 Å². The van der Waals surface area contributed by atoms with Gasteiger partial charge >= 0.3 is 5.97 Å². The third-order valence-corrected chi connectivity index (χ3v) is 4.80. The number of rotatable bonds is 5. The highest BCUT2D eigenvalue weighted by atomic mass is 16.5. The van der Waals surface area contributed by atoms with Gasteiger partial charge in [0.05, 0.1) is 5.56 Å². The summed E-state index contributed by atoms with van der Waals surface area (Å²) in [5.41, 5.74) is 4.15. The van der Waals surface area contributed by atoms with Crippen LogP contribution in [-0.2, 0) is 4.79 Å². The Kier molecular flexibility index (Phi) is 4.91. The summed E-state index contributed by atoms with van der Waals surface area (Å²) in [6, 6.07) is 22.3. The van der Waals surface area contributed by atoms with E-state index in [4.69, 9.17) is 9.84 Å². The molecule has 0 unspecified atom stereocenters. The lowest BCUT2D eigenvalue weighted by atomic mass is 10.0. The van der Waals surface area contributed by atoms with E-state index in [2.05, 4.69) is 5.32 Å². The van der Waals surface area contributed by atoms with Gasteiger partial charge in [0.2, 0.25) is 0 Å². The summed E-state index contributed by atoms with van der Waals surface area (Å²) in [4.78, 5) is 25.7. The van der Waals surface area contributed by atoms with E-state index in [9.17, 15) is 9.59 Å². The van der Waals surface area contributed by atoms with Crippen LogP contribution in [0.15, 0.2) is 72.8 Å². The quantitative estimate of drug-likeness (QED) is 0.684. The van der Waals surface area contributed by atoms with E-state index >= 15 is 0 Å². The number of hydrogen-bond donors (Lipinski definition) is 2. The Labute approximate surface area is 168 Å². The molecule has 1 heterocycles. The molecule has 2 N–H and O–H groups in total. The van der Waals surface area contributed by atoms with Gasteiger partial charge in [0.1, 0.15) is 11.9 Å². The highest BCUT2D eigenvalue weighted by Crippen LogP contribution is 2.37. The maximum absolute atomic E-state index is 13.3. The Morgan fingerprint density at radius 1 is 1.03 bits per heavy atom. The molecule has 0 aliphatic carbocycles. The minimum absolute atomic E-state index is 0.0839. The minimum atomic E-state index is -1.03. The second kappa shape index (κ2) is 7.67. The zero-order chi connectivity index (χ0) is 20.4. The van der Waals surface area contributed by atoms with Crippen LogP contribution in [0.2, 0.25) is 0 Å². The molecule has 0 aromatic heterocycles. The van der Waals surface area contributed by atoms with Crippen LogP contribution < -0.4 is 15.0 Å². The Morgan fingerprint density at radius 3 is 2.41 bits per heavy atom. The SMILES string of the molecule is Cc1ccc(N2C(=O)c3ccccc3N[C@@H]2c2ccc(OCC(=O)O)cc2)cc1. The third-order valence-electron chi connectivity index (χ3n) is 4.80. The predicted octanol–water partition coefficient (Wildman–Crippen LogP) is 4.23. The Morgan fingerprint density at radius 2 is 1.72 bits per heavy atom. The molecular formula is C23H20N2O4. The van der Waals surface area contributed by atoms with Crippen molar-refractivity contribution in [1.82, 2.24) is 0 Å². The molecule has 1 aliphatic heterocycles. The number of anilines is 2. The third kappa shape index (κ3) is 3.78. The summed E-state index contributed by atoms with van der Waals surface area (Å²) >= 11 is 0. The number of amides is 1. The molecule has 0 saturated carbocycles. The van der Waals surface area contributed by atoms with E-state index in [0.717, 1.165) is 22.5 Å². The van der Waals surface area contributed by atoms with Gasteiger partial charge in [-0.2, -0.15) is 0 Å². The molecule has 0 radical (unpaired) electrons. The fraction of sp³-hybridized carbons (Fsp3) is 0.130. The largest absolute Gasteiger partial charge is 0.482 e. The second-order valence-electron chi connectivity index (χ2n) is 6.85. The lowest BCUT2D eigenvalue weighted by Crippen LogP contribution is -2.43. The van der Waals surface area contributed by atoms with Crippen LogP contribution in [0.4, 0.5) is 11.4 Å². The van der Waals surface area contributed by atoms with Crippen molar-refractivity contribution in [3.05, 3.63) is 89.5 Å². The molecule has 1 atom stereocenters. The number of aryl methyl sites for hydroxylation is 1. The molecule has 3 aromatic rings. The number of aliphatic carboxylic acids is 1. The number of carbonyl (C=O) groups excluding carboxylic acids is 1. The molecular weight excluding hydrogens is 368 g/mol. The van der Waals surface area contributed by atoms with Gasteiger partial charge in [-0.1, -0.05) is 42.0 Å². The van der Waals surface area contributed by atoms with Gasteiger partial charge in [0.25, 0.3) is 5.91 Å². The van der Waals surface area contributed by atoms with E-state index < -0.39 is 18.7 Å². The van der Waals surface area contributed by atoms with Crippen molar-refractivity contribution in [2.24, 2.45) is 0 Å². The summed E-state index contributed by atoms with van der Waals surface area (Å²) in [6.45, 7) is 1.60. The molecule has 1 amide bonds. The second-order valence-corrected chi connectivity index (χ2v) is 6.85. The highest BCUT2D eigenvalue weighted by molar-refractivity contribution is 6.12. The molecule has 0 bridgehead atoms. The maximum atomic E-state index is 13.3. The van der Waals surface area contributed by atoms with Crippen LogP contribution in [0.5, 0.6) is 5.75 Å². The number of carboxylic acid groups (broad SMARTS) is 1. The van der Waals surface area contributed by atoms with E-state index in [1.54, 1.807) is 17.0 Å². The van der Waals surface area contributed by atoms with E-state index in [1.807, 2.05) is 67.6 Å². The summed E-state index contributed by atoms with van der Waals surface area (Å²) in [6.07, 6.45) is -0.409. The predicted molar refractivity (Wildman–Crippen MR) is 110 cm³/mol. The number of fused-ring (bicyclic) bond motifs is 1. The molecule has 146 valence electrons. The molecule has 0 fully saturated rings. The van der Waals surface area contributed by atoms with E-state index in [0.29, 0.717) is 11.3 Å². The number of carbonyl (C=O) groups is 2. The first-order valence-electron chi connectivity index (χ1n) is 9.23. The number of carboxylic acids is 1. The highest BCUT2D eigenvalue weighted by Gasteiger charge is 2.33. The maximum Gasteiger partial charge on any atom is 0.341 e. The van der Waals surface area contributed by atoms with Crippen LogP contribution >= 0.6 is 0 Å². The average Bonchev–Trinajstić information content (AvgIpc) is 2.73. The number of ether oxygens (including phenoxy) is 1. The van der Waals surface area contributed by atoms with Gasteiger partial charge in [-0.05, 0) is 48.9 Å². The van der Waals surface area contributed by atoms with Crippen molar-refractivity contribution < 1.29 is 19.4 Å². The molecule has 3 aromatic carbocycles. The summed E-state index contributed by atoms with van der Waals surface area (Å²) in [7, 11) is 0. The molecule has 6 nitrogen and oxygen atoms in total. The first-order valence-corrected chi connectivity index (χ1v) is 9.23. The Bertz CT molecular complexity index is 1050. The molecule has 0 saturated heterocycles. The fourth-order valence-electron chi connectivity index (χ4n) is 3.35. The monoisotopic (exact) mass is 388 g/mol. The van der Waals surface area contributed by atoms with Gasteiger partial charge in [-0.25, -0.2) is 4.79 Å². The fourth-order valence-corrected chi connectivity index (χ4v) is 3.35. The molecule has 6 heteroatoms. The topological polar surface area (TPSA) is 78.9 Å². The lowest BCUT2D eigenvalue weighted by Gasteiger charge is -2.38. The van der Waals surface area contributed by atoms with Crippen molar-refractivity contribution >= 4 is 23.3 Å². The van der Waals surface area contributed by atoms with Crippen molar-refractivity contribution in [2.75, 3.05) is 16.8 Å². The van der Waals surface area contributed by atoms with Crippen LogP contribution in [0.1, 0.15) is 27.7 Å². The molecule has 29 heavy (non-hydrogen) atoms. The van der Waals surface area contributed by atoms with Gasteiger partial charge in [-0.3, -0.25) is 9.69 Å². The van der Waals surface area contributed by atoms with Gasteiger partial charge in [0, 0.05) is 11.4 Å². The summed E-state index contributed by atoms with van der Waals surface area (Å²) in [5.74, 6) is -0.657. The number of nitrogens with one attached hydrogen (secondary N) is 1. The standard InChI is InChI=1S/C23H20N2O4/c1-15-6-10-17(11-7-15)25-22(24-20-5-3-2-4-19(20)23(25)28)16-8-12-18(13-9-16)29-14-21(26)27/h2-13,22,24H,14H2,1H3,(H,26,27)/t22-/m0/s1. The molecule has 0 spiro atoms. The van der Waals surface area contributed by atoms with Crippen molar-refractivity contribution in [3.63, 3.8) is 0 Å². The smallest absolute Gasteiger partial charge is 0.341 e. The lowest BCUT2D eigenvalue weighted by molar-refractivity contribution is -0.139. The zero-order valence-corrected chi connectivity index (χ0v) is 15.8. The van der Waals surface area contributed by atoms with E-state index in [1.165, 1.54) is 0 Å². The van der Waals surface area contributed by atoms with Crippen molar-refractivity contribution in [2.45, 2.75) is 13.1 Å². The number of hydrogen-bond acceptors (Lipinski definition) is 4. The van der Waals surface area contributed by atoms with Crippen LogP contribution in [0.25, 0.3) is 0 Å². The number of para-hydroxylation sites is 1. The number of benzene rings is 3. The van der Waals surface area contributed by atoms with Crippen molar-refractivity contribution in [1.29, 1.82) is 0 Å². The van der Waals surface area contributed by atoms with Crippen LogP contribution in [-0.4, -0.2) is 23.6 Å². The van der Waals surface area contributed by atoms with Gasteiger partial charge in [0.15, 0.2) is 6.61 Å². The number of nitrogens with zero attached hydrogens (tertiary/aromatic N) is 1. The zero-order valence-electron chi connectivity index (χ0n) is 15.8. The Balaban J connectivity index is 1.71. The molecule has 4 rings (SSSR count). The summed E-state index contributed by atoms with van der Waals surface area (Å²) < 4.78 is 5.21. The van der Waals surface area contributed by atoms with Gasteiger partial charge < -0.3 is 15.2 Å². The van der Waals surface area contributed by atoms with Crippen LogP contribution in [0, 0.1) is 6.92 Å². The molecule has 1 aliphatic rings. The van der Waals surface area contributed by atoms with E-state index in [-0.39, 0.29) is 5.91 Å². The Hall–Kier alpha value is -3.80. The normalized spacial score (nSPS) is 15.4. The first kappa shape index (κ1) is 18.6. The van der Waals surface area contributed by atoms with Crippen molar-refractivity contribution in [3.8, 4) is 5.75 Å².